The van der Waals surface area contributed by atoms with Gasteiger partial charge in [-0.05, 0) is 64.7 Å². The number of carbonyl (C=O) groups is 1. The Labute approximate surface area is 214 Å². The molecule has 36 heavy (non-hydrogen) atoms. The van der Waals surface area contributed by atoms with Crippen molar-refractivity contribution in [3.05, 3.63) is 113 Å². The lowest BCUT2D eigenvalue weighted by atomic mass is 10.0. The Morgan fingerprint density at radius 2 is 1.58 bits per heavy atom. The van der Waals surface area contributed by atoms with Gasteiger partial charge in [-0.1, -0.05) is 72.3 Å². The maximum atomic E-state index is 12.4. The van der Waals surface area contributed by atoms with Crippen LogP contribution in [-0.2, 0) is 4.79 Å². The van der Waals surface area contributed by atoms with Gasteiger partial charge in [0.25, 0.3) is 0 Å². The molecule has 0 unspecified atom stereocenters. The predicted molar refractivity (Wildman–Crippen MR) is 141 cm³/mol. The van der Waals surface area contributed by atoms with Gasteiger partial charge in [0.15, 0.2) is 18.1 Å². The van der Waals surface area contributed by atoms with Crippen molar-refractivity contribution in [1.82, 2.24) is 0 Å². The summed E-state index contributed by atoms with van der Waals surface area (Å²) < 4.78 is 16.4. The molecule has 0 spiro atoms. The molecule has 0 aliphatic carbocycles. The first-order valence-corrected chi connectivity index (χ1v) is 11.5. The van der Waals surface area contributed by atoms with E-state index in [2.05, 4.69) is 6.07 Å². The van der Waals surface area contributed by atoms with Gasteiger partial charge in [0.05, 0.1) is 18.8 Å². The molecule has 0 bridgehead atoms. The molecule has 4 rings (SSSR count). The first-order valence-electron chi connectivity index (χ1n) is 11.1. The number of rotatable bonds is 8. The van der Waals surface area contributed by atoms with Crippen molar-refractivity contribution >= 4 is 29.2 Å². The lowest BCUT2D eigenvalue weighted by molar-refractivity contribution is -0.136. The van der Waals surface area contributed by atoms with Gasteiger partial charge >= 0.3 is 5.97 Å². The number of hydrogen-bond donors (Lipinski definition) is 0. The second kappa shape index (κ2) is 11.7. The second-order valence-corrected chi connectivity index (χ2v) is 8.18. The predicted octanol–water partition coefficient (Wildman–Crippen LogP) is 7.06. The van der Waals surface area contributed by atoms with Crippen LogP contribution in [0.1, 0.15) is 11.1 Å². The number of nitriles is 1. The number of hydrogen-bond acceptors (Lipinski definition) is 5. The number of carbonyl (C=O) groups excluding carboxylic acids is 1. The summed E-state index contributed by atoms with van der Waals surface area (Å²) in [6.45, 7) is -0.259. The van der Waals surface area contributed by atoms with Crippen LogP contribution in [0.3, 0.4) is 0 Å². The van der Waals surface area contributed by atoms with Gasteiger partial charge in [-0.2, -0.15) is 5.26 Å². The molecular weight excluding hydrogens is 474 g/mol. The molecule has 0 aromatic heterocycles. The van der Waals surface area contributed by atoms with Gasteiger partial charge in [0, 0.05) is 5.02 Å². The molecule has 0 saturated carbocycles. The lowest BCUT2D eigenvalue weighted by Crippen LogP contribution is -2.18. The maximum absolute atomic E-state index is 12.4. The number of nitrogens with zero attached hydrogens (tertiary/aromatic N) is 1. The van der Waals surface area contributed by atoms with Crippen LogP contribution in [0.2, 0.25) is 5.02 Å². The van der Waals surface area contributed by atoms with Crippen LogP contribution in [0.4, 0.5) is 0 Å². The summed E-state index contributed by atoms with van der Waals surface area (Å²) in [5, 5.41) is 10.2. The van der Waals surface area contributed by atoms with E-state index >= 15 is 0 Å². The van der Waals surface area contributed by atoms with E-state index in [1.165, 1.54) is 7.11 Å². The first-order chi connectivity index (χ1) is 17.6. The number of halogens is 1. The van der Waals surface area contributed by atoms with E-state index in [1.54, 1.807) is 48.5 Å². The first kappa shape index (κ1) is 24.6. The molecule has 5 nitrogen and oxygen atoms in total. The zero-order valence-corrected chi connectivity index (χ0v) is 20.2. The number of methoxy groups -OCH3 is 1. The van der Waals surface area contributed by atoms with Crippen molar-refractivity contribution in [2.24, 2.45) is 0 Å². The van der Waals surface area contributed by atoms with Crippen LogP contribution in [0.25, 0.3) is 22.8 Å². The van der Waals surface area contributed by atoms with Gasteiger partial charge in [0.2, 0.25) is 0 Å². The fraction of sp³-hybridized carbons (Fsp3) is 0.0667. The van der Waals surface area contributed by atoms with Crippen molar-refractivity contribution in [3.63, 3.8) is 0 Å². The summed E-state index contributed by atoms with van der Waals surface area (Å²) in [5.74, 6) is 0.610. The van der Waals surface area contributed by atoms with Crippen molar-refractivity contribution < 1.29 is 19.0 Å². The van der Waals surface area contributed by atoms with Crippen LogP contribution < -0.4 is 14.2 Å². The largest absolute Gasteiger partial charge is 0.493 e. The second-order valence-electron chi connectivity index (χ2n) is 7.74. The third-order valence-electron chi connectivity index (χ3n) is 5.32. The molecule has 178 valence electrons. The van der Waals surface area contributed by atoms with Gasteiger partial charge in [-0.15, -0.1) is 0 Å². The van der Waals surface area contributed by atoms with Crippen molar-refractivity contribution in [1.29, 1.82) is 5.26 Å². The zero-order valence-electron chi connectivity index (χ0n) is 19.5. The lowest BCUT2D eigenvalue weighted by Gasteiger charge is -2.11. The maximum Gasteiger partial charge on any atom is 0.349 e. The van der Waals surface area contributed by atoms with Crippen molar-refractivity contribution in [3.8, 4) is 34.4 Å². The average molecular weight is 496 g/mol. The van der Waals surface area contributed by atoms with Crippen LogP contribution in [0.5, 0.6) is 17.2 Å². The Morgan fingerprint density at radius 3 is 2.25 bits per heavy atom. The quantitative estimate of drug-likeness (QED) is 0.113. The topological polar surface area (TPSA) is 68.5 Å². The van der Waals surface area contributed by atoms with Crippen LogP contribution in [0.15, 0.2) is 97.1 Å². The Morgan fingerprint density at radius 1 is 0.889 bits per heavy atom. The molecular formula is C30H22ClNO4. The molecule has 0 N–H and O–H groups in total. The smallest absolute Gasteiger partial charge is 0.349 e. The monoisotopic (exact) mass is 495 g/mol. The minimum absolute atomic E-state index is 0.257. The molecule has 0 aliphatic rings. The third kappa shape index (κ3) is 6.32. The van der Waals surface area contributed by atoms with E-state index in [4.69, 9.17) is 25.8 Å². The van der Waals surface area contributed by atoms with Crippen LogP contribution in [-0.4, -0.2) is 19.7 Å². The SMILES string of the molecule is COc1cc(C=C(C#N)c2ccc(Cl)cc2)ccc1OC(=O)COc1ccc(-c2ccccc2)cc1. The Kier molecular flexibility index (Phi) is 8.02. The molecule has 0 radical (unpaired) electrons. The molecule has 0 fully saturated rings. The van der Waals surface area contributed by atoms with E-state index in [1.807, 2.05) is 54.6 Å². The van der Waals surface area contributed by atoms with E-state index in [0.29, 0.717) is 27.7 Å². The highest BCUT2D eigenvalue weighted by Crippen LogP contribution is 2.30. The molecule has 0 saturated heterocycles. The van der Waals surface area contributed by atoms with Crippen LogP contribution >= 0.6 is 11.6 Å². The number of esters is 1. The van der Waals surface area contributed by atoms with Gasteiger partial charge in [-0.3, -0.25) is 0 Å². The number of benzene rings is 4. The summed E-state index contributed by atoms with van der Waals surface area (Å²) >= 11 is 5.94. The highest BCUT2D eigenvalue weighted by molar-refractivity contribution is 6.30. The van der Waals surface area contributed by atoms with E-state index < -0.39 is 5.97 Å². The summed E-state index contributed by atoms with van der Waals surface area (Å²) in [6, 6.07) is 31.7. The molecule has 0 amide bonds. The van der Waals surface area contributed by atoms with Gasteiger partial charge in [-0.25, -0.2) is 4.79 Å². The Hall–Kier alpha value is -4.53. The molecule has 0 atom stereocenters. The fourth-order valence-corrected chi connectivity index (χ4v) is 3.63. The molecule has 0 aliphatic heterocycles. The molecule has 4 aromatic carbocycles. The van der Waals surface area contributed by atoms with Crippen LogP contribution in [0, 0.1) is 11.3 Å². The van der Waals surface area contributed by atoms with E-state index in [-0.39, 0.29) is 12.4 Å². The average Bonchev–Trinajstić information content (AvgIpc) is 2.92. The van der Waals surface area contributed by atoms with Crippen molar-refractivity contribution in [2.45, 2.75) is 0 Å². The highest BCUT2D eigenvalue weighted by Gasteiger charge is 2.12. The summed E-state index contributed by atoms with van der Waals surface area (Å²) in [6.07, 6.45) is 1.72. The molecule has 4 aromatic rings. The summed E-state index contributed by atoms with van der Waals surface area (Å²) in [4.78, 5) is 12.4. The Balaban J connectivity index is 1.40. The molecule has 0 heterocycles. The minimum Gasteiger partial charge on any atom is -0.493 e. The standard InChI is InChI=1S/C30H22ClNO4/c1-34-29-18-21(17-25(19-32)24-8-12-26(31)13-9-24)7-16-28(29)36-30(33)20-35-27-14-10-23(11-15-27)22-5-3-2-4-6-22/h2-18H,20H2,1H3. The van der Waals surface area contributed by atoms with E-state index in [9.17, 15) is 10.1 Å². The molecule has 6 heteroatoms. The summed E-state index contributed by atoms with van der Waals surface area (Å²) in [5.41, 5.74) is 4.08. The highest BCUT2D eigenvalue weighted by atomic mass is 35.5. The number of ether oxygens (including phenoxy) is 3. The van der Waals surface area contributed by atoms with Gasteiger partial charge < -0.3 is 14.2 Å². The van der Waals surface area contributed by atoms with Crippen molar-refractivity contribution in [2.75, 3.05) is 13.7 Å². The van der Waals surface area contributed by atoms with Gasteiger partial charge in [0.1, 0.15) is 5.75 Å². The minimum atomic E-state index is -0.567. The third-order valence-corrected chi connectivity index (χ3v) is 5.57. The zero-order chi connectivity index (χ0) is 25.3. The normalized spacial score (nSPS) is 10.9. The Bertz CT molecular complexity index is 1410. The number of allylic oxidation sites excluding steroid dienone is 1. The fourth-order valence-electron chi connectivity index (χ4n) is 3.50. The van der Waals surface area contributed by atoms with E-state index in [0.717, 1.165) is 16.7 Å². The summed E-state index contributed by atoms with van der Waals surface area (Å²) in [7, 11) is 1.48.